The molecule has 0 saturated heterocycles. The lowest BCUT2D eigenvalue weighted by atomic mass is 9.99. The minimum absolute atomic E-state index is 0.104. The zero-order chi connectivity index (χ0) is 13.9. The van der Waals surface area contributed by atoms with Crippen molar-refractivity contribution in [2.24, 2.45) is 11.7 Å². The summed E-state index contributed by atoms with van der Waals surface area (Å²) >= 11 is 12.1. The number of carbonyl (C=O) groups excluding carboxylic acids is 1. The first kappa shape index (κ1) is 15.3. The molecule has 2 atom stereocenters. The Bertz CT molecular complexity index is 449. The van der Waals surface area contributed by atoms with Gasteiger partial charge in [0.05, 0.1) is 21.8 Å². The maximum Gasteiger partial charge on any atom is 0.241 e. The summed E-state index contributed by atoms with van der Waals surface area (Å²) < 4.78 is 0. The highest BCUT2D eigenvalue weighted by Crippen LogP contribution is 2.33. The van der Waals surface area contributed by atoms with E-state index in [1.807, 2.05) is 20.8 Å². The van der Waals surface area contributed by atoms with Gasteiger partial charge >= 0.3 is 0 Å². The predicted molar refractivity (Wildman–Crippen MR) is 77.3 cm³/mol. The summed E-state index contributed by atoms with van der Waals surface area (Å²) in [5.74, 6) is -0.161. The van der Waals surface area contributed by atoms with Crippen LogP contribution in [-0.2, 0) is 4.79 Å². The molecule has 1 unspecified atom stereocenters. The Kier molecular flexibility index (Phi) is 5.45. The van der Waals surface area contributed by atoms with Crippen LogP contribution in [0.5, 0.6) is 0 Å². The molecule has 0 aliphatic carbocycles. The SMILES string of the molecule is CCC(C)[C@H](N)C(=O)Nc1c(Cl)ccc(C)c1Cl. The topological polar surface area (TPSA) is 55.1 Å². The Labute approximate surface area is 118 Å². The van der Waals surface area contributed by atoms with E-state index in [0.717, 1.165) is 12.0 Å². The largest absolute Gasteiger partial charge is 0.322 e. The fourth-order valence-corrected chi connectivity index (χ4v) is 1.96. The summed E-state index contributed by atoms with van der Waals surface area (Å²) in [7, 11) is 0. The van der Waals surface area contributed by atoms with Gasteiger partial charge in [-0.15, -0.1) is 0 Å². The van der Waals surface area contributed by atoms with Crippen molar-refractivity contribution in [3.63, 3.8) is 0 Å². The van der Waals surface area contributed by atoms with E-state index in [1.165, 1.54) is 0 Å². The van der Waals surface area contributed by atoms with E-state index in [2.05, 4.69) is 5.32 Å². The van der Waals surface area contributed by atoms with Gasteiger partial charge < -0.3 is 11.1 Å². The van der Waals surface area contributed by atoms with Crippen LogP contribution in [0.1, 0.15) is 25.8 Å². The van der Waals surface area contributed by atoms with Crippen LogP contribution in [0.25, 0.3) is 0 Å². The number of halogens is 2. The molecule has 0 aromatic heterocycles. The summed E-state index contributed by atoms with van der Waals surface area (Å²) in [6, 6.07) is 2.94. The molecule has 0 saturated carbocycles. The molecule has 100 valence electrons. The van der Waals surface area contributed by atoms with E-state index in [4.69, 9.17) is 28.9 Å². The van der Waals surface area contributed by atoms with Gasteiger partial charge in [-0.1, -0.05) is 49.5 Å². The highest BCUT2D eigenvalue weighted by molar-refractivity contribution is 6.40. The lowest BCUT2D eigenvalue weighted by Crippen LogP contribution is -2.40. The van der Waals surface area contributed by atoms with E-state index in [9.17, 15) is 4.79 Å². The number of nitrogens with one attached hydrogen (secondary N) is 1. The molecule has 0 bridgehead atoms. The van der Waals surface area contributed by atoms with E-state index < -0.39 is 6.04 Å². The van der Waals surface area contributed by atoms with Gasteiger partial charge in [0.2, 0.25) is 5.91 Å². The fraction of sp³-hybridized carbons (Fsp3) is 0.462. The number of rotatable bonds is 4. The van der Waals surface area contributed by atoms with Crippen LogP contribution in [0, 0.1) is 12.8 Å². The molecule has 0 spiro atoms. The van der Waals surface area contributed by atoms with Gasteiger partial charge in [0.1, 0.15) is 0 Å². The van der Waals surface area contributed by atoms with E-state index in [0.29, 0.717) is 15.7 Å². The normalized spacial score (nSPS) is 14.1. The van der Waals surface area contributed by atoms with Crippen LogP contribution < -0.4 is 11.1 Å². The van der Waals surface area contributed by atoms with Gasteiger partial charge in [-0.3, -0.25) is 4.79 Å². The molecule has 0 aliphatic heterocycles. The Morgan fingerprint density at radius 3 is 2.61 bits per heavy atom. The molecule has 0 aliphatic rings. The number of nitrogens with two attached hydrogens (primary N) is 1. The molecule has 0 heterocycles. The van der Waals surface area contributed by atoms with Crippen LogP contribution >= 0.6 is 23.2 Å². The van der Waals surface area contributed by atoms with Crippen molar-refractivity contribution < 1.29 is 4.79 Å². The van der Waals surface area contributed by atoms with Crippen molar-refractivity contribution in [1.82, 2.24) is 0 Å². The molecular weight excluding hydrogens is 271 g/mol. The standard InChI is InChI=1S/C13H18Cl2N2O/c1-4-7(2)11(16)13(18)17-12-9(14)6-5-8(3)10(12)15/h5-7,11H,4,16H2,1-3H3,(H,17,18)/t7?,11-/m0/s1. The van der Waals surface area contributed by atoms with E-state index in [-0.39, 0.29) is 11.8 Å². The molecule has 1 amide bonds. The van der Waals surface area contributed by atoms with Gasteiger partial charge in [-0.05, 0) is 24.5 Å². The second-order valence-electron chi connectivity index (χ2n) is 4.45. The van der Waals surface area contributed by atoms with Crippen LogP contribution in [0.2, 0.25) is 10.0 Å². The molecule has 1 aromatic carbocycles. The van der Waals surface area contributed by atoms with Gasteiger partial charge in [-0.25, -0.2) is 0 Å². The van der Waals surface area contributed by atoms with E-state index >= 15 is 0 Å². The van der Waals surface area contributed by atoms with Crippen LogP contribution in [0.4, 0.5) is 5.69 Å². The molecule has 18 heavy (non-hydrogen) atoms. The lowest BCUT2D eigenvalue weighted by molar-refractivity contribution is -0.118. The summed E-state index contributed by atoms with van der Waals surface area (Å²) in [6.45, 7) is 5.77. The highest BCUT2D eigenvalue weighted by Gasteiger charge is 2.21. The lowest BCUT2D eigenvalue weighted by Gasteiger charge is -2.19. The number of aryl methyl sites for hydroxylation is 1. The van der Waals surface area contributed by atoms with Gasteiger partial charge in [-0.2, -0.15) is 0 Å². The number of benzene rings is 1. The van der Waals surface area contributed by atoms with Crippen LogP contribution in [0.3, 0.4) is 0 Å². The summed E-state index contributed by atoms with van der Waals surface area (Å²) in [6.07, 6.45) is 0.837. The van der Waals surface area contributed by atoms with Crippen molar-refractivity contribution >= 4 is 34.8 Å². The van der Waals surface area contributed by atoms with Crippen molar-refractivity contribution in [3.8, 4) is 0 Å². The van der Waals surface area contributed by atoms with Crippen molar-refractivity contribution in [2.45, 2.75) is 33.2 Å². The molecule has 1 rings (SSSR count). The fourth-order valence-electron chi connectivity index (χ4n) is 1.49. The smallest absolute Gasteiger partial charge is 0.241 e. The van der Waals surface area contributed by atoms with Crippen molar-refractivity contribution in [2.75, 3.05) is 5.32 Å². The molecule has 0 radical (unpaired) electrons. The van der Waals surface area contributed by atoms with Crippen molar-refractivity contribution in [1.29, 1.82) is 0 Å². The quantitative estimate of drug-likeness (QED) is 0.889. The Balaban J connectivity index is 2.92. The molecule has 3 nitrogen and oxygen atoms in total. The first-order valence-corrected chi connectivity index (χ1v) is 6.65. The molecule has 0 fully saturated rings. The maximum atomic E-state index is 12.0. The Morgan fingerprint density at radius 1 is 1.44 bits per heavy atom. The van der Waals surface area contributed by atoms with Gasteiger partial charge in [0, 0.05) is 0 Å². The first-order chi connectivity index (χ1) is 8.38. The number of carbonyl (C=O) groups is 1. The minimum Gasteiger partial charge on any atom is -0.322 e. The molecule has 5 heteroatoms. The van der Waals surface area contributed by atoms with Crippen molar-refractivity contribution in [3.05, 3.63) is 27.7 Å². The number of anilines is 1. The zero-order valence-corrected chi connectivity index (χ0v) is 12.3. The zero-order valence-electron chi connectivity index (χ0n) is 10.8. The third kappa shape index (κ3) is 3.37. The molecular formula is C13H18Cl2N2O. The number of hydrogen-bond donors (Lipinski definition) is 2. The Hall–Kier alpha value is -0.770. The summed E-state index contributed by atoms with van der Waals surface area (Å²) in [4.78, 5) is 12.0. The molecule has 1 aromatic rings. The van der Waals surface area contributed by atoms with Crippen LogP contribution in [-0.4, -0.2) is 11.9 Å². The second kappa shape index (κ2) is 6.41. The third-order valence-electron chi connectivity index (χ3n) is 3.09. The average molecular weight is 289 g/mol. The summed E-state index contributed by atoms with van der Waals surface area (Å²) in [5, 5.41) is 3.57. The minimum atomic E-state index is -0.567. The van der Waals surface area contributed by atoms with E-state index in [1.54, 1.807) is 12.1 Å². The average Bonchev–Trinajstić information content (AvgIpc) is 2.37. The monoisotopic (exact) mass is 288 g/mol. The second-order valence-corrected chi connectivity index (χ2v) is 5.24. The maximum absolute atomic E-state index is 12.0. The summed E-state index contributed by atoms with van der Waals surface area (Å²) in [5.41, 5.74) is 7.15. The first-order valence-electron chi connectivity index (χ1n) is 5.89. The molecule has 3 N–H and O–H groups in total. The van der Waals surface area contributed by atoms with Gasteiger partial charge in [0.25, 0.3) is 0 Å². The number of amides is 1. The van der Waals surface area contributed by atoms with Gasteiger partial charge in [0.15, 0.2) is 0 Å². The Morgan fingerprint density at radius 2 is 2.06 bits per heavy atom. The predicted octanol–water partition coefficient (Wildman–Crippen LogP) is 3.61. The number of hydrogen-bond acceptors (Lipinski definition) is 2. The third-order valence-corrected chi connectivity index (χ3v) is 3.89. The van der Waals surface area contributed by atoms with Crippen LogP contribution in [0.15, 0.2) is 12.1 Å². The highest BCUT2D eigenvalue weighted by atomic mass is 35.5.